The van der Waals surface area contributed by atoms with E-state index in [9.17, 15) is 31.9 Å². The molecule has 0 radical (unpaired) electrons. The maximum Gasteiger partial charge on any atom is 0.586 e. The van der Waals surface area contributed by atoms with E-state index >= 15 is 0 Å². The van der Waals surface area contributed by atoms with Gasteiger partial charge < -0.3 is 29.6 Å². The fourth-order valence-corrected chi connectivity index (χ4v) is 5.13. The highest BCUT2D eigenvalue weighted by Crippen LogP contribution is 2.43. The van der Waals surface area contributed by atoms with Crippen molar-refractivity contribution in [2.45, 2.75) is 38.4 Å². The minimum absolute atomic E-state index is 0.251. The molecule has 2 aromatic heterocycles. The van der Waals surface area contributed by atoms with Gasteiger partial charge in [0.05, 0.1) is 18.4 Å². The van der Waals surface area contributed by atoms with Gasteiger partial charge in [-0.05, 0) is 25.1 Å². The highest BCUT2D eigenvalue weighted by Gasteiger charge is 2.44. The number of nitrogens with one attached hydrogen (secondary N) is 2. The first kappa shape index (κ1) is 27.9. The number of fused-ring (bicyclic) bond motifs is 2. The summed E-state index contributed by atoms with van der Waals surface area (Å²) >= 11 is 0. The molecule has 11 nitrogen and oxygen atoms in total. The smallest absolute Gasteiger partial charge is 0.395 e. The topological polar surface area (TPSA) is 128 Å². The van der Waals surface area contributed by atoms with Crippen LogP contribution in [-0.4, -0.2) is 62.1 Å². The molecule has 0 saturated carbocycles. The molecule has 0 unspecified atom stereocenters. The van der Waals surface area contributed by atoms with Gasteiger partial charge >= 0.3 is 6.29 Å². The first-order chi connectivity index (χ1) is 20.5. The summed E-state index contributed by atoms with van der Waals surface area (Å²) in [6.45, 7) is 0.664. The molecule has 2 aliphatic rings. The Morgan fingerprint density at radius 3 is 2.60 bits per heavy atom. The Morgan fingerprint density at radius 1 is 1.12 bits per heavy atom. The maximum atomic E-state index is 14.5. The molecule has 4 heterocycles. The van der Waals surface area contributed by atoms with Crippen LogP contribution in [0.25, 0.3) is 10.9 Å². The summed E-state index contributed by atoms with van der Waals surface area (Å²) in [7, 11) is 0. The van der Waals surface area contributed by atoms with E-state index in [-0.39, 0.29) is 18.7 Å². The van der Waals surface area contributed by atoms with Crippen LogP contribution in [0.2, 0.25) is 0 Å². The van der Waals surface area contributed by atoms with Crippen molar-refractivity contribution in [2.75, 3.05) is 17.2 Å². The number of alkyl halides is 3. The first-order valence-electron chi connectivity index (χ1n) is 13.0. The highest BCUT2D eigenvalue weighted by atomic mass is 19.3. The summed E-state index contributed by atoms with van der Waals surface area (Å²) in [6, 6.07) is 5.28. The summed E-state index contributed by atoms with van der Waals surface area (Å²) < 4.78 is 65.8. The Balaban J connectivity index is 1.22. The largest absolute Gasteiger partial charge is 0.586 e. The van der Waals surface area contributed by atoms with E-state index < -0.39 is 59.9 Å². The lowest BCUT2D eigenvalue weighted by molar-refractivity contribution is -0.286. The number of ketones is 1. The molecule has 15 heteroatoms. The van der Waals surface area contributed by atoms with Gasteiger partial charge in [-0.15, -0.1) is 8.78 Å². The number of carbonyl (C=O) groups excluding carboxylic acids is 3. The number of anilines is 3. The van der Waals surface area contributed by atoms with Crippen molar-refractivity contribution in [3.63, 3.8) is 0 Å². The average molecular weight is 599 g/mol. The van der Waals surface area contributed by atoms with Gasteiger partial charge in [-0.2, -0.15) is 0 Å². The summed E-state index contributed by atoms with van der Waals surface area (Å²) in [6.07, 6.45) is 0.191. The molecule has 2 amide bonds. The fourth-order valence-electron chi connectivity index (χ4n) is 5.13. The molecule has 0 bridgehead atoms. The van der Waals surface area contributed by atoms with E-state index in [2.05, 4.69) is 30.1 Å². The number of carbonyl (C=O) groups is 3. The van der Waals surface area contributed by atoms with Crippen molar-refractivity contribution in [3.05, 3.63) is 66.5 Å². The zero-order valence-electron chi connectivity index (χ0n) is 22.3. The van der Waals surface area contributed by atoms with Gasteiger partial charge in [0.1, 0.15) is 24.6 Å². The Bertz CT molecular complexity index is 1770. The van der Waals surface area contributed by atoms with Gasteiger partial charge in [0.25, 0.3) is 0 Å². The third-order valence-corrected chi connectivity index (χ3v) is 7.02. The van der Waals surface area contributed by atoms with Crippen LogP contribution in [-0.2, 0) is 16.1 Å². The van der Waals surface area contributed by atoms with Gasteiger partial charge in [0, 0.05) is 59.3 Å². The standard InChI is InChI=1S/C28H22F4N6O5/c1-14(39)18-12-37(21-3-2-16(7-17(18)21)35-25-10-33-4-5-34-25)13-26(40)38-11-15(29)6-22(38)27(41)36-20-9-24-23(8-19(20)30)42-28(31,32)43-24/h2-5,7-10,12,15,22H,6,11,13H2,1H3,(H,34,35)(H,36,41)/t15-,22+/m1/s1. The summed E-state index contributed by atoms with van der Waals surface area (Å²) in [4.78, 5) is 48.1. The van der Waals surface area contributed by atoms with Crippen LogP contribution in [0.3, 0.4) is 0 Å². The molecule has 0 aliphatic carbocycles. The normalized spacial score (nSPS) is 18.6. The van der Waals surface area contributed by atoms with Crippen molar-refractivity contribution in [1.82, 2.24) is 19.4 Å². The van der Waals surface area contributed by atoms with Crippen LogP contribution in [0.4, 0.5) is 34.8 Å². The predicted octanol–water partition coefficient (Wildman–Crippen LogP) is 4.42. The van der Waals surface area contributed by atoms with Crippen LogP contribution in [0.1, 0.15) is 23.7 Å². The number of nitrogens with zero attached hydrogens (tertiary/aromatic N) is 4. The number of hydrogen-bond acceptors (Lipinski definition) is 8. The SMILES string of the molecule is CC(=O)c1cn(CC(=O)N2C[C@H](F)C[C@H]2C(=O)Nc2cc3c(cc2F)OC(F)(F)O3)c2ccc(Nc3cnccn3)cc12. The second-order valence-corrected chi connectivity index (χ2v) is 10.0. The Kier molecular flexibility index (Phi) is 6.86. The van der Waals surface area contributed by atoms with Crippen LogP contribution in [0.15, 0.2) is 55.1 Å². The van der Waals surface area contributed by atoms with Gasteiger partial charge in [0.2, 0.25) is 11.8 Å². The van der Waals surface area contributed by atoms with E-state index in [0.29, 0.717) is 34.0 Å². The van der Waals surface area contributed by atoms with Gasteiger partial charge in [-0.1, -0.05) is 0 Å². The van der Waals surface area contributed by atoms with Crippen molar-refractivity contribution in [3.8, 4) is 11.5 Å². The Labute approximate surface area is 240 Å². The van der Waals surface area contributed by atoms with E-state index in [1.807, 2.05) is 0 Å². The second kappa shape index (κ2) is 10.6. The minimum atomic E-state index is -3.99. The zero-order valence-corrected chi connectivity index (χ0v) is 22.3. The third kappa shape index (κ3) is 5.52. The number of halogens is 4. The second-order valence-electron chi connectivity index (χ2n) is 10.0. The molecular weight excluding hydrogens is 576 g/mol. The monoisotopic (exact) mass is 598 g/mol. The number of hydrogen-bond donors (Lipinski definition) is 2. The molecule has 0 spiro atoms. The molecule has 1 saturated heterocycles. The molecule has 2 N–H and O–H groups in total. The third-order valence-electron chi connectivity index (χ3n) is 7.02. The lowest BCUT2D eigenvalue weighted by Gasteiger charge is -2.24. The molecule has 43 heavy (non-hydrogen) atoms. The summed E-state index contributed by atoms with van der Waals surface area (Å²) in [5.41, 5.74) is 0.997. The molecule has 2 aliphatic heterocycles. The number of aromatic nitrogens is 3. The lowest BCUT2D eigenvalue weighted by Crippen LogP contribution is -2.44. The van der Waals surface area contributed by atoms with Gasteiger partial charge in [-0.3, -0.25) is 19.4 Å². The van der Waals surface area contributed by atoms with Gasteiger partial charge in [0.15, 0.2) is 23.1 Å². The van der Waals surface area contributed by atoms with Crippen molar-refractivity contribution >= 4 is 45.7 Å². The molecule has 6 rings (SSSR count). The quantitative estimate of drug-likeness (QED) is 0.237. The number of benzene rings is 2. The zero-order chi connectivity index (χ0) is 30.5. The van der Waals surface area contributed by atoms with Crippen molar-refractivity contribution < 1.29 is 41.4 Å². The molecule has 2 aromatic carbocycles. The summed E-state index contributed by atoms with van der Waals surface area (Å²) in [5.74, 6) is -3.45. The molecule has 4 aromatic rings. The highest BCUT2D eigenvalue weighted by molar-refractivity contribution is 6.08. The molecule has 1 fully saturated rings. The number of Topliss-reactive ketones (excluding diaryl/α,β-unsaturated/α-hetero) is 1. The van der Waals surface area contributed by atoms with E-state index in [1.54, 1.807) is 18.2 Å². The number of likely N-dealkylation sites (tertiary alicyclic amines) is 1. The molecule has 2 atom stereocenters. The van der Waals surface area contributed by atoms with Crippen LogP contribution < -0.4 is 20.1 Å². The molecule has 222 valence electrons. The lowest BCUT2D eigenvalue weighted by atomic mass is 10.1. The van der Waals surface area contributed by atoms with E-state index in [0.717, 1.165) is 11.0 Å². The fraction of sp³-hybridized carbons (Fsp3) is 0.250. The van der Waals surface area contributed by atoms with Crippen LogP contribution in [0, 0.1) is 5.82 Å². The van der Waals surface area contributed by atoms with Crippen molar-refractivity contribution in [1.29, 1.82) is 0 Å². The Hall–Kier alpha value is -5.21. The number of amides is 2. The Morgan fingerprint density at radius 2 is 1.88 bits per heavy atom. The predicted molar refractivity (Wildman–Crippen MR) is 144 cm³/mol. The minimum Gasteiger partial charge on any atom is -0.395 e. The first-order valence-corrected chi connectivity index (χ1v) is 13.0. The van der Waals surface area contributed by atoms with Crippen molar-refractivity contribution in [2.24, 2.45) is 0 Å². The molecular formula is C28H22F4N6O5. The summed E-state index contributed by atoms with van der Waals surface area (Å²) in [5, 5.41) is 5.87. The van der Waals surface area contributed by atoms with Crippen LogP contribution >= 0.6 is 0 Å². The van der Waals surface area contributed by atoms with Crippen LogP contribution in [0.5, 0.6) is 11.5 Å². The maximum absolute atomic E-state index is 14.5. The average Bonchev–Trinajstić information content (AvgIpc) is 3.61. The number of rotatable bonds is 7. The number of ether oxygens (including phenoxy) is 2. The van der Waals surface area contributed by atoms with E-state index in [1.165, 1.54) is 36.3 Å². The van der Waals surface area contributed by atoms with E-state index in [4.69, 9.17) is 0 Å². The van der Waals surface area contributed by atoms with Gasteiger partial charge in [-0.25, -0.2) is 13.8 Å².